The summed E-state index contributed by atoms with van der Waals surface area (Å²) in [6.07, 6.45) is 6.81. The number of nitrogens with one attached hydrogen (secondary N) is 1. The van der Waals surface area contributed by atoms with Crippen LogP contribution in [0.1, 0.15) is 61.0 Å². The molecule has 2 atom stereocenters. The first-order valence-corrected chi connectivity index (χ1v) is 9.37. The molecule has 5 heteroatoms. The summed E-state index contributed by atoms with van der Waals surface area (Å²) < 4.78 is 1.13. The molecule has 0 aromatic carbocycles. The van der Waals surface area contributed by atoms with E-state index in [0.29, 0.717) is 5.69 Å². The Hall–Kier alpha value is -1.46. The summed E-state index contributed by atoms with van der Waals surface area (Å²) in [5.41, 5.74) is 2.39. The van der Waals surface area contributed by atoms with Gasteiger partial charge in [-0.3, -0.25) is 4.79 Å². The van der Waals surface area contributed by atoms with Crippen LogP contribution in [0.2, 0.25) is 0 Å². The molecule has 23 heavy (non-hydrogen) atoms. The van der Waals surface area contributed by atoms with Crippen molar-refractivity contribution in [1.82, 2.24) is 10.3 Å². The Kier molecular flexibility index (Phi) is 5.28. The van der Waals surface area contributed by atoms with Crippen LogP contribution in [0.3, 0.4) is 0 Å². The Morgan fingerprint density at radius 3 is 2.83 bits per heavy atom. The first-order valence-electron chi connectivity index (χ1n) is 8.49. The van der Waals surface area contributed by atoms with E-state index in [9.17, 15) is 9.90 Å². The molecular formula is C18H24N2O2S. The van der Waals surface area contributed by atoms with Crippen LogP contribution in [0.25, 0.3) is 10.2 Å². The van der Waals surface area contributed by atoms with E-state index in [2.05, 4.69) is 10.3 Å². The molecule has 2 N–H and O–H groups in total. The second-order valence-corrected chi connectivity index (χ2v) is 7.37. The molecule has 2 aromatic rings. The second kappa shape index (κ2) is 7.41. The average Bonchev–Trinajstić information content (AvgIpc) is 3.03. The minimum Gasteiger partial charge on any atom is -0.391 e. The maximum absolute atomic E-state index is 12.6. The molecule has 1 amide bonds. The van der Waals surface area contributed by atoms with Crippen LogP contribution in [0.15, 0.2) is 17.5 Å². The standard InChI is InChI=1S/C18H24N2O2S/c1-12-11-15(19-14-9-10-23-17(12)14)18(22)20-13-7-5-3-2-4-6-8-16(13)21/h9-11,13,16,21H,2-8H2,1H3,(H,20,22). The van der Waals surface area contributed by atoms with Crippen LogP contribution in [0.4, 0.5) is 0 Å². The third-order valence-electron chi connectivity index (χ3n) is 4.63. The number of aliphatic hydroxyl groups excluding tert-OH is 1. The number of fused-ring (bicyclic) bond motifs is 1. The summed E-state index contributed by atoms with van der Waals surface area (Å²) in [4.78, 5) is 17.0. The number of thiophene rings is 1. The molecule has 0 spiro atoms. The van der Waals surface area contributed by atoms with Gasteiger partial charge in [0.2, 0.25) is 0 Å². The molecule has 1 aliphatic rings. The number of pyridine rings is 1. The van der Waals surface area contributed by atoms with Crippen LogP contribution >= 0.6 is 11.3 Å². The minimum absolute atomic E-state index is 0.166. The highest BCUT2D eigenvalue weighted by Crippen LogP contribution is 2.24. The largest absolute Gasteiger partial charge is 0.391 e. The highest BCUT2D eigenvalue weighted by atomic mass is 32.1. The average molecular weight is 332 g/mol. The zero-order chi connectivity index (χ0) is 16.2. The fourth-order valence-corrected chi connectivity index (χ4v) is 4.10. The number of hydrogen-bond acceptors (Lipinski definition) is 4. The van der Waals surface area contributed by atoms with Crippen molar-refractivity contribution in [1.29, 1.82) is 0 Å². The summed E-state index contributed by atoms with van der Waals surface area (Å²) in [5.74, 6) is -0.176. The van der Waals surface area contributed by atoms with E-state index in [4.69, 9.17) is 0 Å². The predicted molar refractivity (Wildman–Crippen MR) is 93.9 cm³/mol. The molecule has 1 aliphatic carbocycles. The molecule has 3 rings (SSSR count). The number of carbonyl (C=O) groups is 1. The third kappa shape index (κ3) is 3.90. The molecule has 2 unspecified atom stereocenters. The van der Waals surface area contributed by atoms with Crippen molar-refractivity contribution in [3.8, 4) is 0 Å². The molecule has 0 bridgehead atoms. The lowest BCUT2D eigenvalue weighted by Gasteiger charge is -2.23. The number of aromatic nitrogens is 1. The first kappa shape index (κ1) is 16.4. The lowest BCUT2D eigenvalue weighted by atomic mass is 10.0. The molecule has 0 saturated heterocycles. The van der Waals surface area contributed by atoms with E-state index in [1.807, 2.05) is 24.4 Å². The van der Waals surface area contributed by atoms with Gasteiger partial charge in [0.25, 0.3) is 5.91 Å². The van der Waals surface area contributed by atoms with Gasteiger partial charge in [-0.1, -0.05) is 32.1 Å². The Morgan fingerprint density at radius 2 is 2.00 bits per heavy atom. The number of aliphatic hydroxyl groups is 1. The molecule has 124 valence electrons. The summed E-state index contributed by atoms with van der Waals surface area (Å²) in [6, 6.07) is 3.62. The number of hydrogen-bond donors (Lipinski definition) is 2. The third-order valence-corrected chi connectivity index (χ3v) is 5.66. The Balaban J connectivity index is 1.75. The van der Waals surface area contributed by atoms with E-state index < -0.39 is 6.10 Å². The quantitative estimate of drug-likeness (QED) is 0.879. The van der Waals surface area contributed by atoms with Gasteiger partial charge < -0.3 is 10.4 Å². The minimum atomic E-state index is -0.456. The van der Waals surface area contributed by atoms with Crippen LogP contribution in [0.5, 0.6) is 0 Å². The summed E-state index contributed by atoms with van der Waals surface area (Å²) in [6.45, 7) is 2.01. The van der Waals surface area contributed by atoms with E-state index in [-0.39, 0.29) is 11.9 Å². The Labute approximate surface area is 140 Å². The molecule has 0 radical (unpaired) electrons. The van der Waals surface area contributed by atoms with Crippen LogP contribution in [-0.2, 0) is 0 Å². The second-order valence-electron chi connectivity index (χ2n) is 6.45. The molecule has 1 saturated carbocycles. The smallest absolute Gasteiger partial charge is 0.270 e. The monoisotopic (exact) mass is 332 g/mol. The molecule has 1 fully saturated rings. The molecule has 4 nitrogen and oxygen atoms in total. The van der Waals surface area contributed by atoms with Gasteiger partial charge in [0.05, 0.1) is 22.4 Å². The van der Waals surface area contributed by atoms with Gasteiger partial charge in [-0.2, -0.15) is 0 Å². The van der Waals surface area contributed by atoms with Crippen molar-refractivity contribution in [2.24, 2.45) is 0 Å². The number of nitrogens with zero attached hydrogens (tertiary/aromatic N) is 1. The highest BCUT2D eigenvalue weighted by molar-refractivity contribution is 7.17. The van der Waals surface area contributed by atoms with Crippen LogP contribution < -0.4 is 5.32 Å². The van der Waals surface area contributed by atoms with Crippen molar-refractivity contribution in [3.05, 3.63) is 28.8 Å². The lowest BCUT2D eigenvalue weighted by Crippen LogP contribution is -2.43. The summed E-state index contributed by atoms with van der Waals surface area (Å²) in [5, 5.41) is 15.4. The number of carbonyl (C=O) groups excluding carboxylic acids is 1. The van der Waals surface area contributed by atoms with E-state index in [1.54, 1.807) is 11.3 Å². The van der Waals surface area contributed by atoms with E-state index in [0.717, 1.165) is 41.5 Å². The van der Waals surface area contributed by atoms with Gasteiger partial charge in [-0.05, 0) is 42.8 Å². The lowest BCUT2D eigenvalue weighted by molar-refractivity contribution is 0.0794. The first-order chi connectivity index (χ1) is 11.1. The maximum atomic E-state index is 12.6. The topological polar surface area (TPSA) is 62.2 Å². The summed E-state index contributed by atoms with van der Waals surface area (Å²) in [7, 11) is 0. The van der Waals surface area contributed by atoms with Gasteiger partial charge >= 0.3 is 0 Å². The predicted octanol–water partition coefficient (Wildman–Crippen LogP) is 3.81. The molecular weight excluding hydrogens is 308 g/mol. The van der Waals surface area contributed by atoms with Crippen LogP contribution in [0, 0.1) is 6.92 Å². The number of rotatable bonds is 2. The van der Waals surface area contributed by atoms with Gasteiger partial charge in [-0.25, -0.2) is 4.98 Å². The Morgan fingerprint density at radius 1 is 1.26 bits per heavy atom. The maximum Gasteiger partial charge on any atom is 0.270 e. The Bertz CT molecular complexity index is 683. The fourth-order valence-electron chi connectivity index (χ4n) is 3.29. The van der Waals surface area contributed by atoms with Crippen molar-refractivity contribution < 1.29 is 9.90 Å². The van der Waals surface area contributed by atoms with Crippen LogP contribution in [-0.4, -0.2) is 28.1 Å². The van der Waals surface area contributed by atoms with Crippen molar-refractivity contribution in [2.75, 3.05) is 0 Å². The van der Waals surface area contributed by atoms with Gasteiger partial charge in [0.1, 0.15) is 5.69 Å². The van der Waals surface area contributed by atoms with Crippen molar-refractivity contribution >= 4 is 27.5 Å². The van der Waals surface area contributed by atoms with Gasteiger partial charge in [-0.15, -0.1) is 11.3 Å². The summed E-state index contributed by atoms with van der Waals surface area (Å²) >= 11 is 1.64. The highest BCUT2D eigenvalue weighted by Gasteiger charge is 2.23. The van der Waals surface area contributed by atoms with E-state index >= 15 is 0 Å². The van der Waals surface area contributed by atoms with Crippen molar-refractivity contribution in [3.63, 3.8) is 0 Å². The van der Waals surface area contributed by atoms with Gasteiger partial charge in [0, 0.05) is 0 Å². The van der Waals surface area contributed by atoms with Crippen molar-refractivity contribution in [2.45, 2.75) is 64.0 Å². The molecule has 2 heterocycles. The zero-order valence-electron chi connectivity index (χ0n) is 13.5. The molecule has 2 aromatic heterocycles. The molecule has 0 aliphatic heterocycles. The normalized spacial score (nSPS) is 23.0. The SMILES string of the molecule is Cc1cc(C(=O)NC2CCCCCCCC2O)nc2ccsc12. The zero-order valence-corrected chi connectivity index (χ0v) is 14.4. The number of amides is 1. The fraction of sp³-hybridized carbons (Fsp3) is 0.556. The number of aryl methyl sites for hydroxylation is 1. The van der Waals surface area contributed by atoms with Gasteiger partial charge in [0.15, 0.2) is 0 Å². The van der Waals surface area contributed by atoms with E-state index in [1.165, 1.54) is 19.3 Å².